The summed E-state index contributed by atoms with van der Waals surface area (Å²) < 4.78 is 15.6. The SMILES string of the molecule is Cc1cc(-c2cc(-c3ccccc3)n(CC(=O)N3CCC(c4ncccn4)CC3)n2)ccc1F. The van der Waals surface area contributed by atoms with Crippen molar-refractivity contribution in [2.45, 2.75) is 32.2 Å². The smallest absolute Gasteiger partial charge is 0.244 e. The van der Waals surface area contributed by atoms with Crippen molar-refractivity contribution in [3.8, 4) is 22.5 Å². The minimum Gasteiger partial charge on any atom is -0.341 e. The standard InChI is InChI=1S/C27H26FN5O/c1-19-16-22(8-9-23(19)28)24-17-25(20-6-3-2-4-7-20)33(31-24)18-26(34)32-14-10-21(11-15-32)27-29-12-5-13-30-27/h2-9,12-13,16-17,21H,10-11,14-15,18H2,1H3. The third kappa shape index (κ3) is 4.59. The number of piperidine rings is 1. The van der Waals surface area contributed by atoms with Gasteiger partial charge >= 0.3 is 0 Å². The number of amides is 1. The van der Waals surface area contributed by atoms with E-state index in [2.05, 4.69) is 9.97 Å². The van der Waals surface area contributed by atoms with E-state index >= 15 is 0 Å². The molecule has 0 atom stereocenters. The summed E-state index contributed by atoms with van der Waals surface area (Å²) in [6.45, 7) is 3.24. The Labute approximate surface area is 198 Å². The molecule has 5 rings (SSSR count). The quantitative estimate of drug-likeness (QED) is 0.431. The molecule has 6 nitrogen and oxygen atoms in total. The first-order valence-electron chi connectivity index (χ1n) is 11.5. The number of carbonyl (C=O) groups excluding carboxylic acids is 1. The molecule has 1 aliphatic heterocycles. The van der Waals surface area contributed by atoms with Crippen LogP contribution in [0.4, 0.5) is 4.39 Å². The summed E-state index contributed by atoms with van der Waals surface area (Å²) in [6.07, 6.45) is 5.23. The van der Waals surface area contributed by atoms with Gasteiger partial charge in [0.25, 0.3) is 0 Å². The van der Waals surface area contributed by atoms with Gasteiger partial charge in [0.15, 0.2) is 0 Å². The van der Waals surface area contributed by atoms with E-state index in [4.69, 9.17) is 5.10 Å². The Bertz CT molecular complexity index is 1280. The topological polar surface area (TPSA) is 63.9 Å². The fraction of sp³-hybridized carbons (Fsp3) is 0.259. The predicted molar refractivity (Wildman–Crippen MR) is 128 cm³/mol. The lowest BCUT2D eigenvalue weighted by molar-refractivity contribution is -0.133. The van der Waals surface area contributed by atoms with Crippen LogP contribution < -0.4 is 0 Å². The molecule has 34 heavy (non-hydrogen) atoms. The third-order valence-corrected chi connectivity index (χ3v) is 6.39. The molecule has 0 radical (unpaired) electrons. The van der Waals surface area contributed by atoms with Crippen molar-refractivity contribution in [2.75, 3.05) is 13.1 Å². The molecule has 4 aromatic rings. The Balaban J connectivity index is 1.36. The fourth-order valence-electron chi connectivity index (χ4n) is 4.46. The average Bonchev–Trinajstić information content (AvgIpc) is 3.30. The minimum absolute atomic E-state index is 0.0366. The first-order valence-corrected chi connectivity index (χ1v) is 11.5. The molecule has 0 N–H and O–H groups in total. The number of likely N-dealkylation sites (tertiary alicyclic amines) is 1. The van der Waals surface area contributed by atoms with Gasteiger partial charge in [0.05, 0.1) is 11.4 Å². The Morgan fingerprint density at radius 2 is 1.71 bits per heavy atom. The lowest BCUT2D eigenvalue weighted by atomic mass is 9.96. The highest BCUT2D eigenvalue weighted by Gasteiger charge is 2.26. The molecule has 0 spiro atoms. The van der Waals surface area contributed by atoms with Crippen molar-refractivity contribution < 1.29 is 9.18 Å². The van der Waals surface area contributed by atoms with Crippen molar-refractivity contribution >= 4 is 5.91 Å². The van der Waals surface area contributed by atoms with Gasteiger partial charge in [0, 0.05) is 37.0 Å². The van der Waals surface area contributed by atoms with Gasteiger partial charge in [-0.2, -0.15) is 5.10 Å². The zero-order valence-electron chi connectivity index (χ0n) is 19.1. The van der Waals surface area contributed by atoms with E-state index in [0.29, 0.717) is 18.7 Å². The lowest BCUT2D eigenvalue weighted by Gasteiger charge is -2.31. The van der Waals surface area contributed by atoms with Crippen LogP contribution >= 0.6 is 0 Å². The van der Waals surface area contributed by atoms with Crippen molar-refractivity contribution in [1.29, 1.82) is 0 Å². The van der Waals surface area contributed by atoms with Gasteiger partial charge in [-0.15, -0.1) is 0 Å². The molecule has 2 aromatic heterocycles. The summed E-state index contributed by atoms with van der Waals surface area (Å²) in [4.78, 5) is 23.9. The largest absolute Gasteiger partial charge is 0.341 e. The second-order valence-corrected chi connectivity index (χ2v) is 8.66. The van der Waals surface area contributed by atoms with Crippen LogP contribution in [0.1, 0.15) is 30.1 Å². The summed E-state index contributed by atoms with van der Waals surface area (Å²) in [7, 11) is 0. The molecule has 0 aliphatic carbocycles. The third-order valence-electron chi connectivity index (χ3n) is 6.39. The van der Waals surface area contributed by atoms with Gasteiger partial charge in [0.2, 0.25) is 5.91 Å². The maximum Gasteiger partial charge on any atom is 0.244 e. The van der Waals surface area contributed by atoms with Crippen molar-refractivity contribution in [3.63, 3.8) is 0 Å². The lowest BCUT2D eigenvalue weighted by Crippen LogP contribution is -2.40. The maximum absolute atomic E-state index is 13.8. The highest BCUT2D eigenvalue weighted by molar-refractivity contribution is 5.78. The molecule has 3 heterocycles. The highest BCUT2D eigenvalue weighted by atomic mass is 19.1. The zero-order valence-corrected chi connectivity index (χ0v) is 19.1. The van der Waals surface area contributed by atoms with E-state index in [1.807, 2.05) is 47.4 Å². The second kappa shape index (κ2) is 9.55. The number of carbonyl (C=O) groups is 1. The average molecular weight is 456 g/mol. The predicted octanol–water partition coefficient (Wildman–Crippen LogP) is 4.86. The molecule has 0 unspecified atom stereocenters. The van der Waals surface area contributed by atoms with Crippen LogP contribution in [-0.2, 0) is 11.3 Å². The summed E-state index contributed by atoms with van der Waals surface area (Å²) >= 11 is 0. The molecule has 0 bridgehead atoms. The number of halogens is 1. The van der Waals surface area contributed by atoms with E-state index in [0.717, 1.165) is 41.2 Å². The first-order chi connectivity index (χ1) is 16.6. The molecule has 7 heteroatoms. The summed E-state index contributed by atoms with van der Waals surface area (Å²) in [5.74, 6) is 0.927. The number of aromatic nitrogens is 4. The van der Waals surface area contributed by atoms with E-state index in [1.54, 1.807) is 36.1 Å². The molecular formula is C27H26FN5O. The van der Waals surface area contributed by atoms with Gasteiger partial charge < -0.3 is 4.90 Å². The van der Waals surface area contributed by atoms with Crippen LogP contribution in [0.3, 0.4) is 0 Å². The number of aryl methyl sites for hydroxylation is 1. The van der Waals surface area contributed by atoms with Crippen LogP contribution in [0.15, 0.2) is 73.1 Å². The number of nitrogens with zero attached hydrogens (tertiary/aromatic N) is 5. The van der Waals surface area contributed by atoms with Crippen LogP contribution in [0.5, 0.6) is 0 Å². The van der Waals surface area contributed by atoms with Crippen molar-refractivity contribution in [3.05, 3.63) is 90.3 Å². The number of rotatable bonds is 5. The Kier molecular flexibility index (Phi) is 6.16. The van der Waals surface area contributed by atoms with Gasteiger partial charge in [-0.1, -0.05) is 30.3 Å². The van der Waals surface area contributed by atoms with Crippen LogP contribution in [0.25, 0.3) is 22.5 Å². The fourth-order valence-corrected chi connectivity index (χ4v) is 4.46. The van der Waals surface area contributed by atoms with E-state index in [9.17, 15) is 9.18 Å². The highest BCUT2D eigenvalue weighted by Crippen LogP contribution is 2.29. The number of hydrogen-bond acceptors (Lipinski definition) is 4. The molecule has 0 saturated carbocycles. The first kappa shape index (κ1) is 21.9. The molecule has 2 aromatic carbocycles. The van der Waals surface area contributed by atoms with Gasteiger partial charge in [0.1, 0.15) is 18.2 Å². The Hall–Kier alpha value is -3.87. The molecule has 1 saturated heterocycles. The number of benzene rings is 2. The monoisotopic (exact) mass is 455 g/mol. The van der Waals surface area contributed by atoms with E-state index < -0.39 is 0 Å². The minimum atomic E-state index is -0.244. The summed E-state index contributed by atoms with van der Waals surface area (Å²) in [6, 6.07) is 18.6. The van der Waals surface area contributed by atoms with Crippen LogP contribution in [0, 0.1) is 12.7 Å². The van der Waals surface area contributed by atoms with E-state index in [1.165, 1.54) is 6.07 Å². The molecule has 1 aliphatic rings. The van der Waals surface area contributed by atoms with Gasteiger partial charge in [-0.25, -0.2) is 14.4 Å². The van der Waals surface area contributed by atoms with E-state index in [-0.39, 0.29) is 24.2 Å². The van der Waals surface area contributed by atoms with Crippen molar-refractivity contribution in [2.24, 2.45) is 0 Å². The zero-order chi connectivity index (χ0) is 23.5. The second-order valence-electron chi connectivity index (χ2n) is 8.66. The molecular weight excluding hydrogens is 429 g/mol. The van der Waals surface area contributed by atoms with Crippen LogP contribution in [0.2, 0.25) is 0 Å². The van der Waals surface area contributed by atoms with Crippen molar-refractivity contribution in [1.82, 2.24) is 24.6 Å². The molecule has 172 valence electrons. The normalized spacial score (nSPS) is 14.4. The number of hydrogen-bond donors (Lipinski definition) is 0. The maximum atomic E-state index is 13.8. The Morgan fingerprint density at radius 3 is 2.41 bits per heavy atom. The Morgan fingerprint density at radius 1 is 0.971 bits per heavy atom. The van der Waals surface area contributed by atoms with Crippen LogP contribution in [-0.4, -0.2) is 43.6 Å². The molecule has 1 fully saturated rings. The molecule has 1 amide bonds. The summed E-state index contributed by atoms with van der Waals surface area (Å²) in [5.41, 5.74) is 3.95. The van der Waals surface area contributed by atoms with Gasteiger partial charge in [-0.05, 0) is 61.2 Å². The van der Waals surface area contributed by atoms with Gasteiger partial charge in [-0.3, -0.25) is 9.48 Å². The summed E-state index contributed by atoms with van der Waals surface area (Å²) in [5, 5.41) is 4.75.